The number of anilines is 2. The van der Waals surface area contributed by atoms with Gasteiger partial charge in [-0.15, -0.1) is 0 Å². The Morgan fingerprint density at radius 1 is 0.941 bits per heavy atom. The molecule has 0 atom stereocenters. The highest BCUT2D eigenvalue weighted by molar-refractivity contribution is 6.08. The van der Waals surface area contributed by atoms with Crippen molar-refractivity contribution in [1.29, 1.82) is 5.26 Å². The molecule has 2 aromatic carbocycles. The molecule has 1 aromatic heterocycles. The molecule has 0 aliphatic heterocycles. The topological polar surface area (TPSA) is 132 Å². The van der Waals surface area contributed by atoms with E-state index in [4.69, 9.17) is 5.11 Å². The number of aromatic nitrogens is 1. The molecule has 0 radical (unpaired) electrons. The van der Waals surface area contributed by atoms with Crippen molar-refractivity contribution in [3.63, 3.8) is 0 Å². The molecule has 1 heterocycles. The standard InChI is InChI=1S/C26H24N4O4/c1-15-8-9-19(29-23(31)17-6-5-7-18(11-17)26(3,4)14-27)12-21(15)24(32)30-20-10-16(2)22(25(33)34)28-13-20/h5-13H,1-4H3,(H,29,31)(H,30,32)(H,33,34). The first-order valence-electron chi connectivity index (χ1n) is 10.5. The van der Waals surface area contributed by atoms with Crippen LogP contribution in [0, 0.1) is 25.2 Å². The van der Waals surface area contributed by atoms with Crippen LogP contribution in [0.2, 0.25) is 0 Å². The Kier molecular flexibility index (Phi) is 6.78. The lowest BCUT2D eigenvalue weighted by Crippen LogP contribution is -2.18. The number of carboxylic acids is 1. The van der Waals surface area contributed by atoms with Crippen molar-refractivity contribution in [2.75, 3.05) is 10.6 Å². The van der Waals surface area contributed by atoms with Crippen molar-refractivity contribution in [1.82, 2.24) is 4.98 Å². The molecule has 0 spiro atoms. The molecule has 8 nitrogen and oxygen atoms in total. The van der Waals surface area contributed by atoms with Crippen LogP contribution >= 0.6 is 0 Å². The van der Waals surface area contributed by atoms with Gasteiger partial charge in [0.15, 0.2) is 5.69 Å². The van der Waals surface area contributed by atoms with Gasteiger partial charge in [-0.05, 0) is 74.7 Å². The Labute approximate surface area is 197 Å². The average Bonchev–Trinajstić information content (AvgIpc) is 2.80. The van der Waals surface area contributed by atoms with E-state index < -0.39 is 17.3 Å². The summed E-state index contributed by atoms with van der Waals surface area (Å²) in [5.74, 6) is -1.93. The second-order valence-electron chi connectivity index (χ2n) is 8.45. The molecule has 172 valence electrons. The maximum Gasteiger partial charge on any atom is 0.354 e. The number of rotatable bonds is 6. The minimum absolute atomic E-state index is 0.0823. The lowest BCUT2D eigenvalue weighted by Gasteiger charge is -2.16. The summed E-state index contributed by atoms with van der Waals surface area (Å²) in [6.45, 7) is 6.92. The van der Waals surface area contributed by atoms with Gasteiger partial charge in [-0.1, -0.05) is 18.2 Å². The molecule has 34 heavy (non-hydrogen) atoms. The molecular weight excluding hydrogens is 432 g/mol. The van der Waals surface area contributed by atoms with Crippen molar-refractivity contribution in [2.24, 2.45) is 0 Å². The van der Waals surface area contributed by atoms with Crippen LogP contribution in [-0.2, 0) is 5.41 Å². The fraction of sp³-hybridized carbons (Fsp3) is 0.192. The van der Waals surface area contributed by atoms with E-state index in [1.54, 1.807) is 70.2 Å². The third-order valence-electron chi connectivity index (χ3n) is 5.40. The van der Waals surface area contributed by atoms with Gasteiger partial charge < -0.3 is 15.7 Å². The Balaban J connectivity index is 1.80. The van der Waals surface area contributed by atoms with Gasteiger partial charge in [0.05, 0.1) is 23.4 Å². The van der Waals surface area contributed by atoms with Crippen LogP contribution in [-0.4, -0.2) is 27.9 Å². The van der Waals surface area contributed by atoms with E-state index in [0.717, 1.165) is 5.56 Å². The predicted molar refractivity (Wildman–Crippen MR) is 128 cm³/mol. The molecule has 8 heteroatoms. The summed E-state index contributed by atoms with van der Waals surface area (Å²) in [6.07, 6.45) is 1.28. The van der Waals surface area contributed by atoms with Gasteiger partial charge in [-0.2, -0.15) is 5.26 Å². The number of aromatic carboxylic acids is 1. The SMILES string of the molecule is Cc1ccc(NC(=O)c2cccc(C(C)(C)C#N)c2)cc1C(=O)Nc1cnc(C(=O)O)c(C)c1. The largest absolute Gasteiger partial charge is 0.477 e. The number of hydrogen-bond acceptors (Lipinski definition) is 5. The summed E-state index contributed by atoms with van der Waals surface area (Å²) in [5, 5.41) is 24.0. The van der Waals surface area contributed by atoms with E-state index in [2.05, 4.69) is 21.7 Å². The van der Waals surface area contributed by atoms with Gasteiger partial charge in [0, 0.05) is 16.8 Å². The molecule has 0 aliphatic rings. The maximum absolute atomic E-state index is 12.9. The summed E-state index contributed by atoms with van der Waals surface area (Å²) in [4.78, 5) is 40.7. The first-order chi connectivity index (χ1) is 16.0. The van der Waals surface area contributed by atoms with Crippen LogP contribution in [0.3, 0.4) is 0 Å². The highest BCUT2D eigenvalue weighted by atomic mass is 16.4. The maximum atomic E-state index is 12.9. The first-order valence-corrected chi connectivity index (χ1v) is 10.5. The molecule has 3 N–H and O–H groups in total. The summed E-state index contributed by atoms with van der Waals surface area (Å²) in [6, 6.07) is 15.6. The van der Waals surface area contributed by atoms with E-state index in [0.29, 0.717) is 33.6 Å². The molecular formula is C26H24N4O4. The van der Waals surface area contributed by atoms with Crippen LogP contribution < -0.4 is 10.6 Å². The highest BCUT2D eigenvalue weighted by Crippen LogP contribution is 2.24. The molecule has 0 aliphatic carbocycles. The number of nitriles is 1. The Morgan fingerprint density at radius 3 is 2.29 bits per heavy atom. The van der Waals surface area contributed by atoms with Crippen LogP contribution in [0.4, 0.5) is 11.4 Å². The number of amides is 2. The molecule has 0 fully saturated rings. The lowest BCUT2D eigenvalue weighted by molar-refractivity contribution is 0.0689. The van der Waals surface area contributed by atoms with Crippen molar-refractivity contribution in [2.45, 2.75) is 33.1 Å². The summed E-state index contributed by atoms with van der Waals surface area (Å²) < 4.78 is 0. The van der Waals surface area contributed by atoms with Gasteiger partial charge in [-0.3, -0.25) is 9.59 Å². The number of carboxylic acid groups (broad SMARTS) is 1. The number of benzene rings is 2. The minimum Gasteiger partial charge on any atom is -0.477 e. The molecule has 0 saturated carbocycles. The van der Waals surface area contributed by atoms with E-state index in [-0.39, 0.29) is 11.6 Å². The Morgan fingerprint density at radius 2 is 1.65 bits per heavy atom. The third-order valence-corrected chi connectivity index (χ3v) is 5.40. The molecule has 3 aromatic rings. The van der Waals surface area contributed by atoms with Gasteiger partial charge >= 0.3 is 5.97 Å². The van der Waals surface area contributed by atoms with Crippen molar-refractivity contribution in [3.05, 3.63) is 88.2 Å². The zero-order valence-corrected chi connectivity index (χ0v) is 19.3. The number of aryl methyl sites for hydroxylation is 2. The smallest absolute Gasteiger partial charge is 0.354 e. The van der Waals surface area contributed by atoms with Crippen LogP contribution in [0.25, 0.3) is 0 Å². The number of nitrogens with zero attached hydrogens (tertiary/aromatic N) is 2. The van der Waals surface area contributed by atoms with Crippen molar-refractivity contribution in [3.8, 4) is 6.07 Å². The molecule has 0 unspecified atom stereocenters. The quantitative estimate of drug-likeness (QED) is 0.492. The fourth-order valence-electron chi connectivity index (χ4n) is 3.33. The predicted octanol–water partition coefficient (Wildman–Crippen LogP) is 4.70. The summed E-state index contributed by atoms with van der Waals surface area (Å²) >= 11 is 0. The Bertz CT molecular complexity index is 1340. The summed E-state index contributed by atoms with van der Waals surface area (Å²) in [7, 11) is 0. The van der Waals surface area contributed by atoms with Gasteiger partial charge in [0.2, 0.25) is 0 Å². The number of carbonyl (C=O) groups is 3. The van der Waals surface area contributed by atoms with Crippen LogP contribution in [0.15, 0.2) is 54.7 Å². The normalized spacial score (nSPS) is 10.8. The van der Waals surface area contributed by atoms with Gasteiger partial charge in [0.25, 0.3) is 11.8 Å². The average molecular weight is 457 g/mol. The molecule has 0 bridgehead atoms. The number of nitrogens with one attached hydrogen (secondary N) is 2. The van der Waals surface area contributed by atoms with E-state index in [1.807, 2.05) is 0 Å². The number of pyridine rings is 1. The second-order valence-corrected chi connectivity index (χ2v) is 8.45. The van der Waals surface area contributed by atoms with Crippen molar-refractivity contribution < 1.29 is 19.5 Å². The third kappa shape index (κ3) is 5.27. The second kappa shape index (κ2) is 9.55. The number of hydrogen-bond donors (Lipinski definition) is 3. The summed E-state index contributed by atoms with van der Waals surface area (Å²) in [5.41, 5.74) is 2.56. The van der Waals surface area contributed by atoms with Crippen LogP contribution in [0.1, 0.15) is 61.7 Å². The first kappa shape index (κ1) is 24.1. The van der Waals surface area contributed by atoms with Crippen LogP contribution in [0.5, 0.6) is 0 Å². The van der Waals surface area contributed by atoms with Gasteiger partial charge in [-0.25, -0.2) is 9.78 Å². The monoisotopic (exact) mass is 456 g/mol. The number of carbonyl (C=O) groups excluding carboxylic acids is 2. The van der Waals surface area contributed by atoms with E-state index in [9.17, 15) is 19.6 Å². The van der Waals surface area contributed by atoms with Gasteiger partial charge in [0.1, 0.15) is 0 Å². The van der Waals surface area contributed by atoms with Crippen molar-refractivity contribution >= 4 is 29.2 Å². The lowest BCUT2D eigenvalue weighted by atomic mass is 9.85. The zero-order chi connectivity index (χ0) is 25.0. The highest BCUT2D eigenvalue weighted by Gasteiger charge is 2.21. The minimum atomic E-state index is -1.14. The fourth-order valence-corrected chi connectivity index (χ4v) is 3.33. The molecule has 0 saturated heterocycles. The molecule has 3 rings (SSSR count). The van der Waals surface area contributed by atoms with E-state index in [1.165, 1.54) is 12.3 Å². The van der Waals surface area contributed by atoms with E-state index >= 15 is 0 Å². The molecule has 2 amide bonds. The Hall–Kier alpha value is -4.51. The zero-order valence-electron chi connectivity index (χ0n) is 19.3.